The third kappa shape index (κ3) is 8.01. The van der Waals surface area contributed by atoms with Gasteiger partial charge in [0.25, 0.3) is 0 Å². The predicted octanol–water partition coefficient (Wildman–Crippen LogP) is -0.688. The summed E-state index contributed by atoms with van der Waals surface area (Å²) in [6, 6.07) is -1.97. The quantitative estimate of drug-likeness (QED) is 0.117. The highest BCUT2D eigenvalue weighted by atomic mass is 35.5. The number of carboxylic acid groups (broad SMARTS) is 1. The van der Waals surface area contributed by atoms with Crippen LogP contribution in [-0.4, -0.2) is 119 Å². The third-order valence-corrected chi connectivity index (χ3v) is 8.15. The smallest absolute Gasteiger partial charge is 0.475 e. The molecule has 24 heteroatoms. The van der Waals surface area contributed by atoms with Crippen LogP contribution in [0.15, 0.2) is 12.7 Å². The Balaban J connectivity index is 0.000000188. The molecular weight excluding hydrogens is 708 g/mol. The standard InChI is InChI=1S/C13H17ClN6O3.C10H13ClN6O2.C2HF3O2/c1-2-7(21)17-5-3-6(10(23)9(5)22)20-4-16-8-11(15)18-13(14)19-12(8)20;11-10-15-8(13)5-9(16-10)17(2-14-5)4-1-3(12)6(18)7(4)19;3-2(4,5)1(6)7/h4-6,9-10,22-23H,2-3H2,1H3,(H,17,21)(H2,15,18,19);2-4,6-7,18-19H,1,12H2,(H2,13,15,16);(H,6,7)/t5-,6+,9+,10-;3-,4+,6+,7-;/m00./s1. The van der Waals surface area contributed by atoms with Crippen LogP contribution in [0.5, 0.6) is 0 Å². The van der Waals surface area contributed by atoms with Crippen molar-refractivity contribution in [2.45, 2.75) is 80.9 Å². The summed E-state index contributed by atoms with van der Waals surface area (Å²) in [5.74, 6) is -2.63. The van der Waals surface area contributed by atoms with Crippen molar-refractivity contribution in [3.8, 4) is 0 Å². The molecule has 4 heterocycles. The summed E-state index contributed by atoms with van der Waals surface area (Å²) in [5, 5.41) is 50.0. The lowest BCUT2D eigenvalue weighted by molar-refractivity contribution is -0.192. The van der Waals surface area contributed by atoms with E-state index in [4.69, 9.17) is 50.3 Å². The first-order chi connectivity index (χ1) is 22.8. The molecule has 4 aromatic rings. The van der Waals surface area contributed by atoms with Crippen LogP contribution in [0.2, 0.25) is 10.6 Å². The summed E-state index contributed by atoms with van der Waals surface area (Å²) in [6.07, 6.45) is -5.19. The molecule has 268 valence electrons. The van der Waals surface area contributed by atoms with Gasteiger partial charge < -0.3 is 57.2 Å². The fraction of sp³-hybridized carbons (Fsp3) is 0.520. The Kier molecular flexibility index (Phi) is 11.3. The number of aliphatic hydroxyl groups is 4. The van der Waals surface area contributed by atoms with Crippen LogP contribution in [0.1, 0.15) is 38.3 Å². The van der Waals surface area contributed by atoms with Gasteiger partial charge in [0.05, 0.1) is 36.9 Å². The van der Waals surface area contributed by atoms with Crippen molar-refractivity contribution in [3.63, 3.8) is 0 Å². The van der Waals surface area contributed by atoms with Crippen molar-refractivity contribution >= 4 is 69.0 Å². The fourth-order valence-corrected chi connectivity index (χ4v) is 5.70. The van der Waals surface area contributed by atoms with Crippen LogP contribution in [0.25, 0.3) is 22.3 Å². The molecule has 0 aromatic carbocycles. The van der Waals surface area contributed by atoms with Crippen LogP contribution >= 0.6 is 23.2 Å². The zero-order chi connectivity index (χ0) is 36.5. The van der Waals surface area contributed by atoms with Crippen molar-refractivity contribution in [2.24, 2.45) is 5.73 Å². The summed E-state index contributed by atoms with van der Waals surface area (Å²) in [4.78, 5) is 44.5. The number of carbonyl (C=O) groups is 2. The maximum absolute atomic E-state index is 11.5. The van der Waals surface area contributed by atoms with Gasteiger partial charge in [0.15, 0.2) is 22.9 Å². The second-order valence-corrected chi connectivity index (χ2v) is 11.6. The molecule has 0 bridgehead atoms. The number of nitrogens with one attached hydrogen (secondary N) is 1. The summed E-state index contributed by atoms with van der Waals surface area (Å²) in [7, 11) is 0. The number of amides is 1. The first-order valence-corrected chi connectivity index (χ1v) is 15.0. The number of carboxylic acids is 1. The zero-order valence-electron chi connectivity index (χ0n) is 25.1. The maximum atomic E-state index is 11.5. The van der Waals surface area contributed by atoms with E-state index in [2.05, 4.69) is 35.2 Å². The van der Waals surface area contributed by atoms with E-state index in [-0.39, 0.29) is 28.1 Å². The van der Waals surface area contributed by atoms with Gasteiger partial charge in [0.1, 0.15) is 29.3 Å². The molecule has 1 amide bonds. The van der Waals surface area contributed by atoms with Gasteiger partial charge in [-0.2, -0.15) is 33.1 Å². The first kappa shape index (κ1) is 37.6. The van der Waals surface area contributed by atoms with Crippen LogP contribution in [0.4, 0.5) is 24.8 Å². The van der Waals surface area contributed by atoms with Crippen LogP contribution in [-0.2, 0) is 9.59 Å². The average molecular weight is 740 g/mol. The second-order valence-electron chi connectivity index (χ2n) is 11.0. The largest absolute Gasteiger partial charge is 0.490 e. The Morgan fingerprint density at radius 2 is 1.29 bits per heavy atom. The second kappa shape index (κ2) is 14.7. The molecule has 19 nitrogen and oxygen atoms in total. The number of nitrogen functional groups attached to an aromatic ring is 2. The monoisotopic (exact) mass is 738 g/mol. The summed E-state index contributed by atoms with van der Waals surface area (Å²) in [5.41, 5.74) is 18.8. The Labute approximate surface area is 282 Å². The minimum atomic E-state index is -5.08. The number of aliphatic carboxylic acids is 1. The number of nitrogens with zero attached hydrogens (tertiary/aromatic N) is 8. The number of halogens is 5. The highest BCUT2D eigenvalue weighted by Gasteiger charge is 2.44. The Bertz CT molecular complexity index is 1830. The topological polar surface area (TPSA) is 313 Å². The molecule has 2 aliphatic carbocycles. The highest BCUT2D eigenvalue weighted by Crippen LogP contribution is 2.35. The van der Waals surface area contributed by atoms with Crippen molar-refractivity contribution in [3.05, 3.63) is 23.2 Å². The molecule has 2 saturated carbocycles. The molecular formula is C25H31Cl2F3N12O7. The molecule has 8 atom stereocenters. The molecule has 0 unspecified atom stereocenters. The molecule has 49 heavy (non-hydrogen) atoms. The van der Waals surface area contributed by atoms with Crippen molar-refractivity contribution in [1.29, 1.82) is 0 Å². The number of rotatable bonds is 4. The number of aromatic nitrogens is 8. The van der Waals surface area contributed by atoms with Gasteiger partial charge in [-0.1, -0.05) is 6.92 Å². The molecule has 0 spiro atoms. The Hall–Kier alpha value is -4.19. The predicted molar refractivity (Wildman–Crippen MR) is 165 cm³/mol. The van der Waals surface area contributed by atoms with E-state index in [1.807, 2.05) is 0 Å². The normalized spacial score (nSPS) is 26.6. The fourth-order valence-electron chi connectivity index (χ4n) is 5.36. The lowest BCUT2D eigenvalue weighted by Gasteiger charge is -2.18. The van der Waals surface area contributed by atoms with E-state index in [0.717, 1.165) is 0 Å². The van der Waals surface area contributed by atoms with E-state index in [0.29, 0.717) is 41.6 Å². The molecule has 2 fully saturated rings. The minimum Gasteiger partial charge on any atom is -0.475 e. The van der Waals surface area contributed by atoms with Crippen LogP contribution in [0.3, 0.4) is 0 Å². The zero-order valence-corrected chi connectivity index (χ0v) is 26.7. The molecule has 6 rings (SSSR count). The summed E-state index contributed by atoms with van der Waals surface area (Å²) < 4.78 is 35.0. The summed E-state index contributed by atoms with van der Waals surface area (Å²) >= 11 is 11.6. The van der Waals surface area contributed by atoms with E-state index in [1.165, 1.54) is 12.7 Å². The van der Waals surface area contributed by atoms with Gasteiger partial charge in [0.2, 0.25) is 16.5 Å². The number of nitrogens with two attached hydrogens (primary N) is 3. The van der Waals surface area contributed by atoms with Crippen molar-refractivity contribution < 1.29 is 48.3 Å². The molecule has 4 aromatic heterocycles. The van der Waals surface area contributed by atoms with Gasteiger partial charge in [-0.05, 0) is 36.0 Å². The number of alkyl halides is 3. The molecule has 2 aliphatic rings. The van der Waals surface area contributed by atoms with Crippen LogP contribution < -0.4 is 22.5 Å². The minimum absolute atomic E-state index is 0.00378. The number of fused-ring (bicyclic) bond motifs is 2. The number of carbonyl (C=O) groups excluding carboxylic acids is 1. The number of hydrogen-bond acceptors (Lipinski definition) is 15. The number of anilines is 2. The van der Waals surface area contributed by atoms with Crippen molar-refractivity contribution in [2.75, 3.05) is 11.5 Å². The van der Waals surface area contributed by atoms with Gasteiger partial charge in [0, 0.05) is 12.5 Å². The molecule has 12 N–H and O–H groups in total. The lowest BCUT2D eigenvalue weighted by Crippen LogP contribution is -2.42. The lowest BCUT2D eigenvalue weighted by atomic mass is 10.2. The third-order valence-electron chi connectivity index (χ3n) is 7.82. The molecule has 0 aliphatic heterocycles. The molecule has 0 saturated heterocycles. The first-order valence-electron chi connectivity index (χ1n) is 14.2. The van der Waals surface area contributed by atoms with E-state index in [1.54, 1.807) is 16.1 Å². The van der Waals surface area contributed by atoms with Crippen LogP contribution in [0, 0.1) is 0 Å². The summed E-state index contributed by atoms with van der Waals surface area (Å²) in [6.45, 7) is 1.72. The van der Waals surface area contributed by atoms with Gasteiger partial charge in [-0.3, -0.25) is 4.79 Å². The maximum Gasteiger partial charge on any atom is 0.490 e. The van der Waals surface area contributed by atoms with E-state index in [9.17, 15) is 38.4 Å². The van der Waals surface area contributed by atoms with Gasteiger partial charge in [-0.25, -0.2) is 14.8 Å². The number of imidazole rings is 2. The van der Waals surface area contributed by atoms with E-state index >= 15 is 0 Å². The van der Waals surface area contributed by atoms with E-state index < -0.39 is 60.7 Å². The molecule has 0 radical (unpaired) electrons. The van der Waals surface area contributed by atoms with Gasteiger partial charge in [-0.15, -0.1) is 0 Å². The van der Waals surface area contributed by atoms with Gasteiger partial charge >= 0.3 is 12.1 Å². The number of aliphatic hydroxyl groups excluding tert-OH is 4. The highest BCUT2D eigenvalue weighted by molar-refractivity contribution is 6.29. The van der Waals surface area contributed by atoms with Crippen molar-refractivity contribution in [1.82, 2.24) is 44.4 Å². The average Bonchev–Trinajstić information content (AvgIpc) is 3.76. The Morgan fingerprint density at radius 3 is 1.67 bits per heavy atom. The Morgan fingerprint density at radius 1 is 0.857 bits per heavy atom. The number of hydrogen-bond donors (Lipinski definition) is 9. The SMILES string of the molecule is CCC(=O)N[C@H]1C[C@@H](n2cnc3c(N)nc(Cl)nc32)[C@H](O)[C@@H]1O.Nc1nc(Cl)nc2c1ncn2[C@@H]1C[C@H](N)[C@@H](O)[C@H]1O.O=C(O)C(F)(F)F.